The molecule has 2 aromatic rings. The van der Waals surface area contributed by atoms with Crippen molar-refractivity contribution in [2.75, 3.05) is 0 Å². The zero-order chi connectivity index (χ0) is 22.5. The largest absolute Gasteiger partial charge is 0.573 e. The molecule has 0 saturated heterocycles. The average Bonchev–Trinajstić information content (AvgIpc) is 2.65. The Balaban J connectivity index is 2.10. The lowest BCUT2D eigenvalue weighted by Gasteiger charge is -2.22. The van der Waals surface area contributed by atoms with E-state index in [1.165, 1.54) is 6.07 Å². The van der Waals surface area contributed by atoms with Crippen LogP contribution in [0.2, 0.25) is 0 Å². The zero-order valence-electron chi connectivity index (χ0n) is 15.3. The van der Waals surface area contributed by atoms with Gasteiger partial charge in [0.15, 0.2) is 6.04 Å². The number of carboxylic acid groups (broad SMARTS) is 1. The molecule has 2 aromatic carbocycles. The van der Waals surface area contributed by atoms with Gasteiger partial charge in [-0.15, -0.1) is 13.2 Å². The van der Waals surface area contributed by atoms with Gasteiger partial charge in [0.25, 0.3) is 5.91 Å². The molecule has 0 aliphatic heterocycles. The van der Waals surface area contributed by atoms with Gasteiger partial charge in [-0.3, -0.25) is 4.79 Å². The van der Waals surface area contributed by atoms with Crippen LogP contribution in [0.25, 0.3) is 0 Å². The van der Waals surface area contributed by atoms with Crippen molar-refractivity contribution in [3.8, 4) is 5.75 Å². The Morgan fingerprint density at radius 1 is 1.17 bits per heavy atom. The number of aliphatic carboxylic acids is 1. The molecule has 0 aliphatic rings. The number of nitrogens with two attached hydrogens (primary N) is 1. The second-order valence-corrected chi connectivity index (χ2v) is 7.26. The number of hydrogen-bond donors (Lipinski definition) is 4. The van der Waals surface area contributed by atoms with Crippen molar-refractivity contribution in [3.05, 3.63) is 64.1 Å². The number of ether oxygens (including phenoxy) is 1. The lowest BCUT2D eigenvalue weighted by molar-refractivity contribution is -0.274. The number of aliphatic hydroxyl groups excluding tert-OH is 1. The number of carboxylic acids is 1. The van der Waals surface area contributed by atoms with Gasteiger partial charge < -0.3 is 26.0 Å². The SMILES string of the molecule is N[C@H](Cc1ccc(Br)cc1)[C@H](O)C(=O)N[C@H](C(=O)O)c1cccc(OC(F)(F)F)c1. The van der Waals surface area contributed by atoms with Gasteiger partial charge in [-0.2, -0.15) is 0 Å². The van der Waals surface area contributed by atoms with E-state index >= 15 is 0 Å². The summed E-state index contributed by atoms with van der Waals surface area (Å²) in [5.74, 6) is -3.26. The van der Waals surface area contributed by atoms with E-state index in [1.807, 2.05) is 0 Å². The molecule has 1 amide bonds. The fourth-order valence-electron chi connectivity index (χ4n) is 2.61. The summed E-state index contributed by atoms with van der Waals surface area (Å²) in [6, 6.07) is 8.40. The Kier molecular flexibility index (Phi) is 7.82. The summed E-state index contributed by atoms with van der Waals surface area (Å²) in [5.41, 5.74) is 6.42. The summed E-state index contributed by atoms with van der Waals surface area (Å²) in [6.45, 7) is 0. The van der Waals surface area contributed by atoms with Gasteiger partial charge in [-0.1, -0.05) is 40.2 Å². The molecule has 2 rings (SSSR count). The lowest BCUT2D eigenvalue weighted by atomic mass is 10.0. The molecule has 7 nitrogen and oxygen atoms in total. The van der Waals surface area contributed by atoms with Crippen LogP contribution in [0.15, 0.2) is 53.0 Å². The molecule has 0 saturated carbocycles. The first-order chi connectivity index (χ1) is 14.0. The molecule has 0 aromatic heterocycles. The highest BCUT2D eigenvalue weighted by molar-refractivity contribution is 9.10. The quantitative estimate of drug-likeness (QED) is 0.451. The summed E-state index contributed by atoms with van der Waals surface area (Å²) in [6.07, 6.45) is -6.57. The first kappa shape index (κ1) is 23.6. The monoisotopic (exact) mass is 490 g/mol. The maximum atomic E-state index is 12.4. The fourth-order valence-corrected chi connectivity index (χ4v) is 2.87. The van der Waals surface area contributed by atoms with Crippen LogP contribution >= 0.6 is 15.9 Å². The van der Waals surface area contributed by atoms with Gasteiger partial charge in [-0.05, 0) is 41.8 Å². The third-order valence-corrected chi connectivity index (χ3v) is 4.55. The van der Waals surface area contributed by atoms with Crippen molar-refractivity contribution >= 4 is 27.8 Å². The minimum Gasteiger partial charge on any atom is -0.479 e. The van der Waals surface area contributed by atoms with Crippen molar-refractivity contribution in [2.24, 2.45) is 5.73 Å². The van der Waals surface area contributed by atoms with E-state index in [9.17, 15) is 33.0 Å². The maximum absolute atomic E-state index is 12.4. The summed E-state index contributed by atoms with van der Waals surface area (Å²) in [4.78, 5) is 23.9. The van der Waals surface area contributed by atoms with Crippen LogP contribution in [0.5, 0.6) is 5.75 Å². The van der Waals surface area contributed by atoms with Crippen molar-refractivity contribution in [1.82, 2.24) is 5.32 Å². The molecular weight excluding hydrogens is 473 g/mol. The molecule has 0 aliphatic carbocycles. The molecule has 30 heavy (non-hydrogen) atoms. The number of benzene rings is 2. The first-order valence-corrected chi connectivity index (χ1v) is 9.32. The lowest BCUT2D eigenvalue weighted by Crippen LogP contribution is -2.49. The Morgan fingerprint density at radius 3 is 2.37 bits per heavy atom. The van der Waals surface area contributed by atoms with Gasteiger partial charge in [0.05, 0.1) is 0 Å². The standard InChI is InChI=1S/C19H18BrF3N2O5/c20-12-6-4-10(5-7-12)8-14(24)16(26)17(27)25-15(18(28)29)11-2-1-3-13(9-11)30-19(21,22)23/h1-7,9,14-16,26H,8,24H2,(H,25,27)(H,28,29)/t14-,15+,16+/m1/s1. The number of carbonyl (C=O) groups excluding carboxylic acids is 1. The highest BCUT2D eigenvalue weighted by Crippen LogP contribution is 2.26. The topological polar surface area (TPSA) is 122 Å². The zero-order valence-corrected chi connectivity index (χ0v) is 16.9. The number of hydrogen-bond acceptors (Lipinski definition) is 5. The average molecular weight is 491 g/mol. The summed E-state index contributed by atoms with van der Waals surface area (Å²) in [7, 11) is 0. The molecule has 0 unspecified atom stereocenters. The minimum absolute atomic E-state index is 0.133. The second kappa shape index (κ2) is 9.92. The first-order valence-electron chi connectivity index (χ1n) is 8.53. The van der Waals surface area contributed by atoms with Crippen LogP contribution in [0.3, 0.4) is 0 Å². The molecule has 0 radical (unpaired) electrons. The molecule has 3 atom stereocenters. The molecule has 0 spiro atoms. The van der Waals surface area contributed by atoms with Crippen LogP contribution in [0.1, 0.15) is 17.2 Å². The molecule has 0 fully saturated rings. The molecular formula is C19H18BrF3N2O5. The molecule has 0 bridgehead atoms. The smallest absolute Gasteiger partial charge is 0.479 e. The summed E-state index contributed by atoms with van der Waals surface area (Å²) in [5, 5.41) is 21.6. The van der Waals surface area contributed by atoms with E-state index in [-0.39, 0.29) is 12.0 Å². The van der Waals surface area contributed by atoms with E-state index in [2.05, 4.69) is 26.0 Å². The Labute approximate surface area is 177 Å². The van der Waals surface area contributed by atoms with Gasteiger partial charge in [-0.25, -0.2) is 4.79 Å². The van der Waals surface area contributed by atoms with Crippen LogP contribution in [-0.2, 0) is 16.0 Å². The number of aliphatic hydroxyl groups is 1. The van der Waals surface area contributed by atoms with Crippen LogP contribution in [0, 0.1) is 0 Å². The highest BCUT2D eigenvalue weighted by Gasteiger charge is 2.32. The fraction of sp³-hybridized carbons (Fsp3) is 0.263. The summed E-state index contributed by atoms with van der Waals surface area (Å²) < 4.78 is 41.7. The Morgan fingerprint density at radius 2 is 1.80 bits per heavy atom. The Hall–Kier alpha value is -2.63. The van der Waals surface area contributed by atoms with Gasteiger partial charge >= 0.3 is 12.3 Å². The maximum Gasteiger partial charge on any atom is 0.573 e. The van der Waals surface area contributed by atoms with Crippen LogP contribution < -0.4 is 15.8 Å². The second-order valence-electron chi connectivity index (χ2n) is 6.34. The summed E-state index contributed by atoms with van der Waals surface area (Å²) >= 11 is 3.28. The van der Waals surface area contributed by atoms with Crippen LogP contribution in [0.4, 0.5) is 13.2 Å². The van der Waals surface area contributed by atoms with E-state index in [1.54, 1.807) is 24.3 Å². The van der Waals surface area contributed by atoms with Crippen molar-refractivity contribution in [1.29, 1.82) is 0 Å². The van der Waals surface area contributed by atoms with E-state index in [0.29, 0.717) is 0 Å². The Bertz CT molecular complexity index is 892. The predicted molar refractivity (Wildman–Crippen MR) is 103 cm³/mol. The molecule has 11 heteroatoms. The van der Waals surface area contributed by atoms with Crippen molar-refractivity contribution < 1.29 is 37.7 Å². The minimum atomic E-state index is -4.96. The number of carbonyl (C=O) groups is 2. The van der Waals surface area contributed by atoms with E-state index in [0.717, 1.165) is 28.2 Å². The number of nitrogens with one attached hydrogen (secondary N) is 1. The third-order valence-electron chi connectivity index (χ3n) is 4.02. The predicted octanol–water partition coefficient (Wildman–Crippen LogP) is 2.52. The molecule has 162 valence electrons. The normalized spacial score (nSPS) is 14.5. The van der Waals surface area contributed by atoms with Gasteiger partial charge in [0.2, 0.25) is 0 Å². The van der Waals surface area contributed by atoms with E-state index < -0.39 is 42.2 Å². The third kappa shape index (κ3) is 7.01. The van der Waals surface area contributed by atoms with E-state index in [4.69, 9.17) is 5.73 Å². The van der Waals surface area contributed by atoms with Crippen molar-refractivity contribution in [2.45, 2.75) is 31.0 Å². The number of halogens is 4. The van der Waals surface area contributed by atoms with Crippen LogP contribution in [-0.4, -0.2) is 40.6 Å². The molecule has 0 heterocycles. The van der Waals surface area contributed by atoms with Gasteiger partial charge in [0, 0.05) is 10.5 Å². The van der Waals surface area contributed by atoms with Crippen molar-refractivity contribution in [3.63, 3.8) is 0 Å². The number of rotatable bonds is 8. The number of amides is 1. The molecule has 5 N–H and O–H groups in total. The number of alkyl halides is 3. The highest BCUT2D eigenvalue weighted by atomic mass is 79.9. The van der Waals surface area contributed by atoms with Gasteiger partial charge in [0.1, 0.15) is 11.9 Å².